The van der Waals surface area contributed by atoms with E-state index in [0.29, 0.717) is 6.42 Å². The Morgan fingerprint density at radius 3 is 2.33 bits per heavy atom. The standard InChI is InChI=1S/C18H28N2O/c1-4-6-7-8-9-10-18(21)20-19-15(3)17-13-11-16(5-2)12-14-17/h11-14H,4-10H2,1-3H3,(H,20,21)/b19-15+. The van der Waals surface area contributed by atoms with Crippen molar-refractivity contribution in [3.8, 4) is 0 Å². The molecule has 0 heterocycles. The minimum atomic E-state index is 0.0102. The van der Waals surface area contributed by atoms with E-state index in [1.807, 2.05) is 6.92 Å². The number of carbonyl (C=O) groups excluding carboxylic acids is 1. The lowest BCUT2D eigenvalue weighted by Gasteiger charge is -2.04. The third-order valence-corrected chi connectivity index (χ3v) is 3.64. The van der Waals surface area contributed by atoms with Gasteiger partial charge in [-0.2, -0.15) is 5.10 Å². The number of hydrazone groups is 1. The van der Waals surface area contributed by atoms with Crippen molar-refractivity contribution in [3.63, 3.8) is 0 Å². The summed E-state index contributed by atoms with van der Waals surface area (Å²) < 4.78 is 0. The highest BCUT2D eigenvalue weighted by molar-refractivity contribution is 5.99. The van der Waals surface area contributed by atoms with E-state index in [0.717, 1.165) is 30.5 Å². The zero-order valence-corrected chi connectivity index (χ0v) is 13.6. The third-order valence-electron chi connectivity index (χ3n) is 3.64. The van der Waals surface area contributed by atoms with Gasteiger partial charge in [-0.15, -0.1) is 0 Å². The largest absolute Gasteiger partial charge is 0.273 e. The van der Waals surface area contributed by atoms with Gasteiger partial charge in [-0.3, -0.25) is 4.79 Å². The summed E-state index contributed by atoms with van der Waals surface area (Å²) in [4.78, 5) is 11.7. The van der Waals surface area contributed by atoms with Gasteiger partial charge in [0.2, 0.25) is 5.91 Å². The molecule has 0 unspecified atom stereocenters. The van der Waals surface area contributed by atoms with Crippen LogP contribution in [-0.4, -0.2) is 11.6 Å². The summed E-state index contributed by atoms with van der Waals surface area (Å²) in [6.45, 7) is 6.25. The van der Waals surface area contributed by atoms with Crippen molar-refractivity contribution < 1.29 is 4.79 Å². The molecular formula is C18H28N2O. The van der Waals surface area contributed by atoms with Gasteiger partial charge in [-0.05, 0) is 30.9 Å². The summed E-state index contributed by atoms with van der Waals surface area (Å²) in [6, 6.07) is 8.30. The molecule has 0 saturated carbocycles. The van der Waals surface area contributed by atoms with E-state index in [9.17, 15) is 4.79 Å². The predicted octanol–water partition coefficient (Wildman–Crippen LogP) is 4.45. The molecule has 116 valence electrons. The lowest BCUT2D eigenvalue weighted by molar-refractivity contribution is -0.121. The number of benzene rings is 1. The van der Waals surface area contributed by atoms with E-state index in [4.69, 9.17) is 0 Å². The Kier molecular flexibility index (Phi) is 8.41. The van der Waals surface area contributed by atoms with Crippen LogP contribution in [0.5, 0.6) is 0 Å². The molecule has 1 N–H and O–H groups in total. The van der Waals surface area contributed by atoms with E-state index >= 15 is 0 Å². The minimum Gasteiger partial charge on any atom is -0.273 e. The maximum atomic E-state index is 11.7. The summed E-state index contributed by atoms with van der Waals surface area (Å²) in [6.07, 6.45) is 7.38. The number of nitrogens with zero attached hydrogens (tertiary/aromatic N) is 1. The summed E-state index contributed by atoms with van der Waals surface area (Å²) in [5.41, 5.74) is 5.85. The number of aryl methyl sites for hydroxylation is 1. The Bertz CT molecular complexity index is 449. The number of hydrogen-bond donors (Lipinski definition) is 1. The number of rotatable bonds is 9. The van der Waals surface area contributed by atoms with Gasteiger partial charge in [0.1, 0.15) is 0 Å². The number of nitrogens with one attached hydrogen (secondary N) is 1. The van der Waals surface area contributed by atoms with Crippen LogP contribution in [-0.2, 0) is 11.2 Å². The second kappa shape index (κ2) is 10.1. The Labute approximate surface area is 128 Å². The highest BCUT2D eigenvalue weighted by Crippen LogP contribution is 2.07. The van der Waals surface area contributed by atoms with E-state index in [2.05, 4.69) is 48.6 Å². The first-order chi connectivity index (χ1) is 10.2. The quantitative estimate of drug-likeness (QED) is 0.407. The van der Waals surface area contributed by atoms with Crippen molar-refractivity contribution in [2.45, 2.75) is 65.7 Å². The van der Waals surface area contributed by atoms with Gasteiger partial charge >= 0.3 is 0 Å². The molecule has 0 atom stereocenters. The fourth-order valence-electron chi connectivity index (χ4n) is 2.14. The maximum absolute atomic E-state index is 11.7. The Balaban J connectivity index is 2.34. The van der Waals surface area contributed by atoms with Crippen LogP contribution in [0, 0.1) is 0 Å². The van der Waals surface area contributed by atoms with Crippen LogP contribution in [0.3, 0.4) is 0 Å². The van der Waals surface area contributed by atoms with Gasteiger partial charge in [0, 0.05) is 6.42 Å². The summed E-state index contributed by atoms with van der Waals surface area (Å²) in [7, 11) is 0. The van der Waals surface area contributed by atoms with Crippen LogP contribution in [0.4, 0.5) is 0 Å². The van der Waals surface area contributed by atoms with Crippen molar-refractivity contribution >= 4 is 11.6 Å². The van der Waals surface area contributed by atoms with E-state index < -0.39 is 0 Å². The van der Waals surface area contributed by atoms with Crippen molar-refractivity contribution in [2.75, 3.05) is 0 Å². The molecule has 1 aromatic carbocycles. The summed E-state index contributed by atoms with van der Waals surface area (Å²) in [5, 5.41) is 4.18. The first kappa shape index (κ1) is 17.4. The Morgan fingerprint density at radius 2 is 1.71 bits per heavy atom. The Morgan fingerprint density at radius 1 is 1.05 bits per heavy atom. The molecular weight excluding hydrogens is 260 g/mol. The van der Waals surface area contributed by atoms with Crippen LogP contribution in [0.2, 0.25) is 0 Å². The second-order valence-corrected chi connectivity index (χ2v) is 5.45. The van der Waals surface area contributed by atoms with Gasteiger partial charge in [0.25, 0.3) is 0 Å². The van der Waals surface area contributed by atoms with Gasteiger partial charge in [-0.1, -0.05) is 63.8 Å². The Hall–Kier alpha value is -1.64. The molecule has 0 saturated heterocycles. The lowest BCUT2D eigenvalue weighted by Crippen LogP contribution is -2.18. The molecule has 3 heteroatoms. The molecule has 0 aromatic heterocycles. The van der Waals surface area contributed by atoms with Gasteiger partial charge < -0.3 is 0 Å². The maximum Gasteiger partial charge on any atom is 0.240 e. The molecule has 3 nitrogen and oxygen atoms in total. The lowest BCUT2D eigenvalue weighted by atomic mass is 10.1. The molecule has 1 amide bonds. The van der Waals surface area contributed by atoms with Crippen molar-refractivity contribution in [1.29, 1.82) is 0 Å². The van der Waals surface area contributed by atoms with Crippen molar-refractivity contribution in [1.82, 2.24) is 5.43 Å². The topological polar surface area (TPSA) is 41.5 Å². The SMILES string of the molecule is CCCCCCCC(=O)N/N=C(\C)c1ccc(CC)cc1. The van der Waals surface area contributed by atoms with Crippen LogP contribution >= 0.6 is 0 Å². The zero-order chi connectivity index (χ0) is 15.5. The van der Waals surface area contributed by atoms with Crippen LogP contribution in [0.15, 0.2) is 29.4 Å². The fraction of sp³-hybridized carbons (Fsp3) is 0.556. The first-order valence-corrected chi connectivity index (χ1v) is 8.09. The number of hydrogen-bond acceptors (Lipinski definition) is 2. The fourth-order valence-corrected chi connectivity index (χ4v) is 2.14. The highest BCUT2D eigenvalue weighted by Gasteiger charge is 2.01. The average Bonchev–Trinajstić information content (AvgIpc) is 2.52. The number of amides is 1. The molecule has 1 rings (SSSR count). The molecule has 21 heavy (non-hydrogen) atoms. The molecule has 0 aliphatic carbocycles. The van der Waals surface area contributed by atoms with Crippen LogP contribution in [0.25, 0.3) is 0 Å². The van der Waals surface area contributed by atoms with Gasteiger partial charge in [0.15, 0.2) is 0 Å². The first-order valence-electron chi connectivity index (χ1n) is 8.09. The van der Waals surface area contributed by atoms with Crippen LogP contribution < -0.4 is 5.43 Å². The highest BCUT2D eigenvalue weighted by atomic mass is 16.2. The number of unbranched alkanes of at least 4 members (excludes halogenated alkanes) is 4. The third kappa shape index (κ3) is 7.07. The molecule has 0 aliphatic heterocycles. The van der Waals surface area contributed by atoms with Crippen molar-refractivity contribution in [3.05, 3.63) is 35.4 Å². The molecule has 0 fully saturated rings. The van der Waals surface area contributed by atoms with Gasteiger partial charge in [0.05, 0.1) is 5.71 Å². The molecule has 0 spiro atoms. The van der Waals surface area contributed by atoms with Crippen LogP contribution in [0.1, 0.15) is 70.4 Å². The summed E-state index contributed by atoms with van der Waals surface area (Å²) >= 11 is 0. The molecule has 0 bridgehead atoms. The number of carbonyl (C=O) groups is 1. The zero-order valence-electron chi connectivity index (χ0n) is 13.6. The summed E-state index contributed by atoms with van der Waals surface area (Å²) in [5.74, 6) is 0.0102. The smallest absolute Gasteiger partial charge is 0.240 e. The van der Waals surface area contributed by atoms with Gasteiger partial charge in [-0.25, -0.2) is 5.43 Å². The molecule has 0 radical (unpaired) electrons. The van der Waals surface area contributed by atoms with Crippen molar-refractivity contribution in [2.24, 2.45) is 5.10 Å². The van der Waals surface area contributed by atoms with E-state index in [1.165, 1.54) is 24.8 Å². The molecule has 1 aromatic rings. The molecule has 0 aliphatic rings. The predicted molar refractivity (Wildman–Crippen MR) is 89.5 cm³/mol. The van der Waals surface area contributed by atoms with E-state index in [1.54, 1.807) is 0 Å². The average molecular weight is 288 g/mol. The second-order valence-electron chi connectivity index (χ2n) is 5.45. The monoisotopic (exact) mass is 288 g/mol. The van der Waals surface area contributed by atoms with E-state index in [-0.39, 0.29) is 5.91 Å². The minimum absolute atomic E-state index is 0.0102. The normalized spacial score (nSPS) is 11.5.